The summed E-state index contributed by atoms with van der Waals surface area (Å²) in [4.78, 5) is 38.4. The number of carbonyl (C=O) groups is 3. The van der Waals surface area contributed by atoms with E-state index in [9.17, 15) is 14.4 Å². The van der Waals surface area contributed by atoms with Crippen LogP contribution in [-0.4, -0.2) is 37.2 Å². The van der Waals surface area contributed by atoms with Crippen LogP contribution >= 0.6 is 0 Å². The number of hydrogen-bond acceptors (Lipinski definition) is 6. The molecule has 0 aliphatic heterocycles. The summed E-state index contributed by atoms with van der Waals surface area (Å²) in [6.07, 6.45) is 92.4. The first kappa shape index (κ1) is 76.1. The van der Waals surface area contributed by atoms with Crippen molar-refractivity contribution >= 4 is 17.9 Å². The van der Waals surface area contributed by atoms with E-state index in [-0.39, 0.29) is 31.1 Å². The van der Waals surface area contributed by atoms with Gasteiger partial charge >= 0.3 is 17.9 Å². The summed E-state index contributed by atoms with van der Waals surface area (Å²) in [6, 6.07) is 0. The average molecular weight is 1110 g/mol. The first-order valence-electron chi connectivity index (χ1n) is 33.9. The predicted octanol–water partition coefficient (Wildman–Crippen LogP) is 23.4. The number of carbonyl (C=O) groups excluding carboxylic acids is 3. The van der Waals surface area contributed by atoms with Crippen LogP contribution in [0.2, 0.25) is 0 Å². The minimum atomic E-state index is -0.789. The maximum Gasteiger partial charge on any atom is 0.306 e. The van der Waals surface area contributed by atoms with Gasteiger partial charge in [0.15, 0.2) is 6.10 Å². The molecule has 0 saturated carbocycles. The highest BCUT2D eigenvalue weighted by molar-refractivity contribution is 5.71. The second-order valence-corrected chi connectivity index (χ2v) is 22.3. The van der Waals surface area contributed by atoms with Gasteiger partial charge in [-0.1, -0.05) is 284 Å². The fraction of sp³-hybridized carbons (Fsp3) is 0.716. The molecule has 0 N–H and O–H groups in total. The van der Waals surface area contributed by atoms with E-state index in [0.717, 1.165) is 116 Å². The molecule has 0 aromatic rings. The molecule has 0 saturated heterocycles. The molecule has 0 aromatic carbocycles. The van der Waals surface area contributed by atoms with Crippen LogP contribution < -0.4 is 0 Å². The van der Waals surface area contributed by atoms with Crippen LogP contribution in [0, 0.1) is 0 Å². The van der Waals surface area contributed by atoms with Crippen molar-refractivity contribution in [2.45, 2.75) is 329 Å². The van der Waals surface area contributed by atoms with Crippen molar-refractivity contribution in [3.05, 3.63) is 109 Å². The van der Waals surface area contributed by atoms with Crippen molar-refractivity contribution in [3.8, 4) is 0 Å². The Kier molecular flexibility index (Phi) is 64.3. The Morgan fingerprint density at radius 1 is 0.263 bits per heavy atom. The Labute approximate surface area is 495 Å². The largest absolute Gasteiger partial charge is 0.462 e. The van der Waals surface area contributed by atoms with Crippen molar-refractivity contribution < 1.29 is 28.6 Å². The van der Waals surface area contributed by atoms with Gasteiger partial charge in [-0.2, -0.15) is 0 Å². The van der Waals surface area contributed by atoms with Crippen LogP contribution in [0.1, 0.15) is 323 Å². The van der Waals surface area contributed by atoms with Gasteiger partial charge in [0.1, 0.15) is 13.2 Å². The molecule has 0 aromatic heterocycles. The molecule has 0 bridgehead atoms. The highest BCUT2D eigenvalue weighted by Gasteiger charge is 2.19. The molecular formula is C74H126O6. The normalized spacial score (nSPS) is 12.8. The molecule has 0 aliphatic rings. The summed E-state index contributed by atoms with van der Waals surface area (Å²) in [6.45, 7) is 6.50. The summed E-state index contributed by atoms with van der Waals surface area (Å²) >= 11 is 0. The number of unbranched alkanes of at least 4 members (excludes halogenated alkanes) is 32. The smallest absolute Gasteiger partial charge is 0.306 e. The fourth-order valence-corrected chi connectivity index (χ4v) is 9.41. The van der Waals surface area contributed by atoms with Crippen LogP contribution in [0.25, 0.3) is 0 Å². The van der Waals surface area contributed by atoms with Gasteiger partial charge in [-0.25, -0.2) is 0 Å². The highest BCUT2D eigenvalue weighted by atomic mass is 16.6. The zero-order chi connectivity index (χ0) is 57.8. The van der Waals surface area contributed by atoms with E-state index in [1.54, 1.807) is 0 Å². The van der Waals surface area contributed by atoms with Gasteiger partial charge in [0.2, 0.25) is 0 Å². The molecule has 0 fully saturated rings. The van der Waals surface area contributed by atoms with Gasteiger partial charge in [0.05, 0.1) is 0 Å². The lowest BCUT2D eigenvalue weighted by Gasteiger charge is -2.18. The second kappa shape index (κ2) is 67.6. The first-order valence-corrected chi connectivity index (χ1v) is 33.9. The molecule has 80 heavy (non-hydrogen) atoms. The minimum Gasteiger partial charge on any atom is -0.462 e. The molecule has 1 atom stereocenters. The maximum absolute atomic E-state index is 12.9. The minimum absolute atomic E-state index is 0.0850. The lowest BCUT2D eigenvalue weighted by molar-refractivity contribution is -0.167. The van der Waals surface area contributed by atoms with Gasteiger partial charge in [-0.05, 0) is 128 Å². The summed E-state index contributed by atoms with van der Waals surface area (Å²) < 4.78 is 16.9. The van der Waals surface area contributed by atoms with Crippen LogP contribution in [0.15, 0.2) is 109 Å². The van der Waals surface area contributed by atoms with Crippen LogP contribution in [0.3, 0.4) is 0 Å². The quantitative estimate of drug-likeness (QED) is 0.0261. The molecule has 0 spiro atoms. The number of ether oxygens (including phenoxy) is 3. The Balaban J connectivity index is 4.31. The van der Waals surface area contributed by atoms with E-state index in [2.05, 4.69) is 130 Å². The molecule has 0 heterocycles. The van der Waals surface area contributed by atoms with Crippen molar-refractivity contribution in [2.24, 2.45) is 0 Å². The Hall–Kier alpha value is -3.93. The molecule has 6 heteroatoms. The number of allylic oxidation sites excluding steroid dienone is 18. The summed E-state index contributed by atoms with van der Waals surface area (Å²) in [5.41, 5.74) is 0. The van der Waals surface area contributed by atoms with Crippen LogP contribution in [-0.2, 0) is 28.6 Å². The predicted molar refractivity (Wildman–Crippen MR) is 348 cm³/mol. The third-order valence-corrected chi connectivity index (χ3v) is 14.5. The lowest BCUT2D eigenvalue weighted by Crippen LogP contribution is -2.30. The summed E-state index contributed by atoms with van der Waals surface area (Å²) in [5, 5.41) is 0. The van der Waals surface area contributed by atoms with Crippen molar-refractivity contribution in [1.29, 1.82) is 0 Å². The third-order valence-electron chi connectivity index (χ3n) is 14.5. The molecule has 0 amide bonds. The van der Waals surface area contributed by atoms with Crippen molar-refractivity contribution in [2.75, 3.05) is 13.2 Å². The molecule has 1 unspecified atom stereocenters. The summed E-state index contributed by atoms with van der Waals surface area (Å²) in [5.74, 6) is -0.895. The zero-order valence-corrected chi connectivity index (χ0v) is 52.6. The Morgan fingerprint density at radius 3 is 0.800 bits per heavy atom. The van der Waals surface area contributed by atoms with Gasteiger partial charge in [0.25, 0.3) is 0 Å². The monoisotopic (exact) mass is 1110 g/mol. The second-order valence-electron chi connectivity index (χ2n) is 22.3. The Morgan fingerprint density at radius 2 is 0.487 bits per heavy atom. The highest BCUT2D eigenvalue weighted by Crippen LogP contribution is 2.16. The Bertz CT molecular complexity index is 1610. The van der Waals surface area contributed by atoms with Crippen LogP contribution in [0.4, 0.5) is 0 Å². The van der Waals surface area contributed by atoms with Crippen molar-refractivity contribution in [3.63, 3.8) is 0 Å². The topological polar surface area (TPSA) is 78.9 Å². The van der Waals surface area contributed by atoms with E-state index >= 15 is 0 Å². The molecule has 458 valence electrons. The third kappa shape index (κ3) is 64.9. The molecule has 0 rings (SSSR count). The van der Waals surface area contributed by atoms with Gasteiger partial charge in [-0.3, -0.25) is 14.4 Å². The van der Waals surface area contributed by atoms with E-state index < -0.39 is 6.10 Å². The number of rotatable bonds is 61. The molecular weight excluding hydrogens is 985 g/mol. The van der Waals surface area contributed by atoms with Gasteiger partial charge in [-0.15, -0.1) is 0 Å². The number of esters is 3. The summed E-state index contributed by atoms with van der Waals surface area (Å²) in [7, 11) is 0. The van der Waals surface area contributed by atoms with Gasteiger partial charge < -0.3 is 14.2 Å². The SMILES string of the molecule is CC/C=C\C/C=C\C/C=C\C/C=C\C/C=C\CCCCCCCCCCCCCC(=O)OCC(COC(=O)CCCCCCC/C=C\CCCCC)OC(=O)CCCCCCCCCC/C=C\C/C=C\C/C=C\CCCCCCC. The zero-order valence-electron chi connectivity index (χ0n) is 52.6. The maximum atomic E-state index is 12.9. The molecule has 0 aliphatic carbocycles. The first-order chi connectivity index (χ1) is 39.5. The average Bonchev–Trinajstić information content (AvgIpc) is 3.46. The van der Waals surface area contributed by atoms with E-state index in [4.69, 9.17) is 14.2 Å². The molecule has 6 nitrogen and oxygen atoms in total. The standard InChI is InChI=1S/C74H126O6/c1-4-7-10-13-16-19-22-25-27-29-31-33-35-36-37-38-40-41-43-45-47-49-52-55-58-61-64-67-73(76)79-70-71(69-78-72(75)66-63-60-57-54-51-24-21-18-15-12-9-6-3)80-74(77)68-65-62-59-56-53-50-48-46-44-42-39-34-32-30-28-26-23-20-17-14-11-8-5-2/h7,10,16,18-19,21,23,25-27,30-33,36-37,39,42,71H,4-6,8-9,11-15,17,20,22,24,28-29,34-35,38,40-41,43-70H2,1-3H3/b10-7-,19-16-,21-18-,26-23-,27-25-,32-30-,33-31-,37-36-,42-39-. The van der Waals surface area contributed by atoms with Crippen molar-refractivity contribution in [1.82, 2.24) is 0 Å². The molecule has 0 radical (unpaired) electrons. The van der Waals surface area contributed by atoms with E-state index in [0.29, 0.717) is 19.3 Å². The van der Waals surface area contributed by atoms with E-state index in [1.165, 1.54) is 167 Å². The fourth-order valence-electron chi connectivity index (χ4n) is 9.41. The van der Waals surface area contributed by atoms with E-state index in [1.807, 2.05) is 0 Å². The lowest BCUT2D eigenvalue weighted by atomic mass is 10.0. The van der Waals surface area contributed by atoms with Gasteiger partial charge in [0, 0.05) is 19.3 Å². The number of hydrogen-bond donors (Lipinski definition) is 0. The van der Waals surface area contributed by atoms with Crippen LogP contribution in [0.5, 0.6) is 0 Å².